The van der Waals surface area contributed by atoms with Crippen molar-refractivity contribution in [1.29, 1.82) is 0 Å². The Morgan fingerprint density at radius 2 is 1.92 bits per heavy atom. The maximum atomic E-state index is 13.9. The number of nitrogens with zero attached hydrogens (tertiary/aromatic N) is 4. The van der Waals surface area contributed by atoms with Crippen LogP contribution in [-0.4, -0.2) is 58.1 Å². The van der Waals surface area contributed by atoms with Crippen molar-refractivity contribution < 1.29 is 9.18 Å². The van der Waals surface area contributed by atoms with Crippen LogP contribution in [0.2, 0.25) is 5.02 Å². The van der Waals surface area contributed by atoms with Crippen LogP contribution in [-0.2, 0) is 11.3 Å². The molecule has 1 amide bonds. The van der Waals surface area contributed by atoms with Gasteiger partial charge in [-0.05, 0) is 77.4 Å². The first kappa shape index (κ1) is 27.1. The van der Waals surface area contributed by atoms with E-state index in [0.717, 1.165) is 31.7 Å². The van der Waals surface area contributed by atoms with E-state index in [0.29, 0.717) is 28.6 Å². The fourth-order valence-electron chi connectivity index (χ4n) is 5.10. The molecule has 1 saturated heterocycles. The SMILES string of the molecule is CC(C)NC(=O)Cn1c(-c2ccc(F)c(Cl)c2)nc2ccc(N3CCCN(C(C)C)[C@@H](C)C3)cc2c1=O. The maximum absolute atomic E-state index is 13.9. The van der Waals surface area contributed by atoms with E-state index in [-0.39, 0.29) is 34.9 Å². The second kappa shape index (κ2) is 11.2. The molecule has 2 aromatic carbocycles. The monoisotopic (exact) mass is 527 g/mol. The Hall–Kier alpha value is -2.97. The van der Waals surface area contributed by atoms with Gasteiger partial charge in [-0.15, -0.1) is 0 Å². The van der Waals surface area contributed by atoms with Gasteiger partial charge in [0.1, 0.15) is 18.2 Å². The molecule has 9 heteroatoms. The molecule has 1 atom stereocenters. The summed E-state index contributed by atoms with van der Waals surface area (Å²) in [6, 6.07) is 10.6. The van der Waals surface area contributed by atoms with Crippen LogP contribution in [0, 0.1) is 5.82 Å². The van der Waals surface area contributed by atoms with Gasteiger partial charge in [-0.1, -0.05) is 11.6 Å². The van der Waals surface area contributed by atoms with Gasteiger partial charge in [-0.2, -0.15) is 0 Å². The molecule has 37 heavy (non-hydrogen) atoms. The van der Waals surface area contributed by atoms with Crippen molar-refractivity contribution in [3.8, 4) is 11.4 Å². The zero-order valence-corrected chi connectivity index (χ0v) is 22.8. The molecule has 0 aliphatic carbocycles. The largest absolute Gasteiger partial charge is 0.370 e. The van der Waals surface area contributed by atoms with Gasteiger partial charge in [0.25, 0.3) is 5.56 Å². The van der Waals surface area contributed by atoms with Gasteiger partial charge < -0.3 is 10.2 Å². The van der Waals surface area contributed by atoms with E-state index in [1.54, 1.807) is 0 Å². The van der Waals surface area contributed by atoms with Crippen LogP contribution in [0.5, 0.6) is 0 Å². The molecule has 3 aromatic rings. The van der Waals surface area contributed by atoms with E-state index >= 15 is 0 Å². The molecule has 198 valence electrons. The molecule has 4 rings (SSSR count). The zero-order valence-electron chi connectivity index (χ0n) is 22.1. The van der Waals surface area contributed by atoms with Crippen LogP contribution in [0.25, 0.3) is 22.3 Å². The molecule has 0 radical (unpaired) electrons. The molecule has 1 fully saturated rings. The number of amides is 1. The van der Waals surface area contributed by atoms with Crippen molar-refractivity contribution in [1.82, 2.24) is 19.8 Å². The lowest BCUT2D eigenvalue weighted by atomic mass is 10.1. The van der Waals surface area contributed by atoms with Gasteiger partial charge in [0.05, 0.1) is 15.9 Å². The highest BCUT2D eigenvalue weighted by molar-refractivity contribution is 6.31. The van der Waals surface area contributed by atoms with Crippen LogP contribution >= 0.6 is 11.6 Å². The van der Waals surface area contributed by atoms with Crippen LogP contribution in [0.4, 0.5) is 10.1 Å². The highest BCUT2D eigenvalue weighted by atomic mass is 35.5. The summed E-state index contributed by atoms with van der Waals surface area (Å²) in [5, 5.41) is 3.19. The van der Waals surface area contributed by atoms with Crippen LogP contribution < -0.4 is 15.8 Å². The fraction of sp³-hybridized carbons (Fsp3) is 0.464. The number of halogens is 2. The first-order valence-corrected chi connectivity index (χ1v) is 13.2. The van der Waals surface area contributed by atoms with Gasteiger partial charge in [-0.25, -0.2) is 9.37 Å². The van der Waals surface area contributed by atoms with Gasteiger partial charge >= 0.3 is 0 Å². The second-order valence-electron chi connectivity index (χ2n) is 10.4. The third kappa shape index (κ3) is 5.96. The topological polar surface area (TPSA) is 70.5 Å². The Bertz CT molecular complexity index is 1360. The lowest BCUT2D eigenvalue weighted by Gasteiger charge is -2.32. The van der Waals surface area contributed by atoms with Gasteiger partial charge in [-0.3, -0.25) is 19.1 Å². The Labute approximate surface area is 222 Å². The van der Waals surface area contributed by atoms with Crippen molar-refractivity contribution in [2.45, 2.75) is 65.7 Å². The molecule has 1 aliphatic rings. The number of rotatable bonds is 6. The Morgan fingerprint density at radius 3 is 2.59 bits per heavy atom. The van der Waals surface area contributed by atoms with E-state index < -0.39 is 5.82 Å². The smallest absolute Gasteiger partial charge is 0.262 e. The Morgan fingerprint density at radius 1 is 1.16 bits per heavy atom. The summed E-state index contributed by atoms with van der Waals surface area (Å²) in [7, 11) is 0. The fourth-order valence-corrected chi connectivity index (χ4v) is 5.28. The number of hydrogen-bond donors (Lipinski definition) is 1. The zero-order chi connectivity index (χ0) is 26.9. The first-order valence-electron chi connectivity index (χ1n) is 12.8. The van der Waals surface area contributed by atoms with Gasteiger partial charge in [0.15, 0.2) is 0 Å². The number of anilines is 1. The van der Waals surface area contributed by atoms with Crippen molar-refractivity contribution in [3.63, 3.8) is 0 Å². The third-order valence-corrected chi connectivity index (χ3v) is 7.08. The minimum atomic E-state index is -0.565. The number of carbonyl (C=O) groups is 1. The standard InChI is InChI=1S/C28H35ClFN5O2/c1-17(2)31-26(36)16-35-27(20-7-9-24(30)23(29)13-20)32-25-10-8-21(14-22(25)28(35)37)33-11-6-12-34(18(3)4)19(5)15-33/h7-10,13-14,17-19H,6,11-12,15-16H2,1-5H3,(H,31,36)/t19-/m0/s1. The third-order valence-electron chi connectivity index (χ3n) is 6.79. The summed E-state index contributed by atoms with van der Waals surface area (Å²) in [4.78, 5) is 36.1. The number of benzene rings is 2. The summed E-state index contributed by atoms with van der Waals surface area (Å²) in [6.45, 7) is 13.0. The molecule has 0 spiro atoms. The summed E-state index contributed by atoms with van der Waals surface area (Å²) in [5.74, 6) is -0.606. The number of hydrogen-bond acceptors (Lipinski definition) is 5. The van der Waals surface area contributed by atoms with E-state index in [9.17, 15) is 14.0 Å². The average Bonchev–Trinajstić information content (AvgIpc) is 3.03. The highest BCUT2D eigenvalue weighted by Crippen LogP contribution is 2.27. The maximum Gasteiger partial charge on any atom is 0.262 e. The molecule has 1 aliphatic heterocycles. The number of fused-ring (bicyclic) bond motifs is 1. The molecular formula is C28H35ClFN5O2. The minimum absolute atomic E-state index is 0.0777. The summed E-state index contributed by atoms with van der Waals surface area (Å²) in [5.41, 5.74) is 1.60. The van der Waals surface area contributed by atoms with Gasteiger partial charge in [0.2, 0.25) is 5.91 Å². The van der Waals surface area contributed by atoms with E-state index in [2.05, 4.69) is 35.9 Å². The number of nitrogens with one attached hydrogen (secondary N) is 1. The molecule has 0 saturated carbocycles. The van der Waals surface area contributed by atoms with Crippen LogP contribution in [0.1, 0.15) is 41.0 Å². The Kier molecular flexibility index (Phi) is 8.19. The predicted molar refractivity (Wildman–Crippen MR) is 148 cm³/mol. The van der Waals surface area contributed by atoms with Crippen molar-refractivity contribution in [2.75, 3.05) is 24.5 Å². The van der Waals surface area contributed by atoms with Crippen LogP contribution in [0.3, 0.4) is 0 Å². The molecular weight excluding hydrogens is 493 g/mol. The second-order valence-corrected chi connectivity index (χ2v) is 10.8. The molecule has 1 aromatic heterocycles. The first-order chi connectivity index (χ1) is 17.5. The molecule has 1 N–H and O–H groups in total. The number of carbonyl (C=O) groups excluding carboxylic acids is 1. The quantitative estimate of drug-likeness (QED) is 0.503. The lowest BCUT2D eigenvalue weighted by molar-refractivity contribution is -0.122. The predicted octanol–water partition coefficient (Wildman–Crippen LogP) is 4.69. The average molecular weight is 528 g/mol. The van der Waals surface area contributed by atoms with E-state index in [4.69, 9.17) is 16.6 Å². The molecule has 7 nitrogen and oxygen atoms in total. The van der Waals surface area contributed by atoms with Gasteiger partial charge in [0, 0.05) is 49.0 Å². The summed E-state index contributed by atoms with van der Waals surface area (Å²) < 4.78 is 15.2. The Balaban J connectivity index is 1.80. The minimum Gasteiger partial charge on any atom is -0.370 e. The van der Waals surface area contributed by atoms with Crippen molar-refractivity contribution >= 4 is 34.1 Å². The lowest BCUT2D eigenvalue weighted by Crippen LogP contribution is -2.42. The van der Waals surface area contributed by atoms with Crippen LogP contribution in [0.15, 0.2) is 41.2 Å². The van der Waals surface area contributed by atoms with Crippen molar-refractivity contribution in [2.24, 2.45) is 0 Å². The molecule has 0 bridgehead atoms. The molecule has 2 heterocycles. The van der Waals surface area contributed by atoms with Crippen molar-refractivity contribution in [3.05, 3.63) is 57.6 Å². The summed E-state index contributed by atoms with van der Waals surface area (Å²) >= 11 is 6.03. The summed E-state index contributed by atoms with van der Waals surface area (Å²) in [6.07, 6.45) is 1.03. The number of aromatic nitrogens is 2. The van der Waals surface area contributed by atoms with E-state index in [1.165, 1.54) is 22.8 Å². The van der Waals surface area contributed by atoms with E-state index in [1.807, 2.05) is 32.0 Å². The molecule has 0 unspecified atom stereocenters. The normalized spacial score (nSPS) is 17.0. The highest BCUT2D eigenvalue weighted by Gasteiger charge is 2.24.